The zero-order valence-corrected chi connectivity index (χ0v) is 16.5. The number of carbonyl (C=O) groups excluding carboxylic acids is 1. The van der Waals surface area contributed by atoms with Gasteiger partial charge >= 0.3 is 0 Å². The first-order valence-corrected chi connectivity index (χ1v) is 9.65. The van der Waals surface area contributed by atoms with Crippen LogP contribution in [0.25, 0.3) is 11.0 Å². The number of halogens is 1. The van der Waals surface area contributed by atoms with Gasteiger partial charge < -0.3 is 14.4 Å². The zero-order chi connectivity index (χ0) is 19.8. The van der Waals surface area contributed by atoms with Crippen molar-refractivity contribution in [3.8, 4) is 0 Å². The molecule has 0 N–H and O–H groups in total. The highest BCUT2D eigenvalue weighted by atomic mass is 19.1. The van der Waals surface area contributed by atoms with Gasteiger partial charge in [-0.15, -0.1) is 0 Å². The lowest BCUT2D eigenvalue weighted by molar-refractivity contribution is 0.0695. The van der Waals surface area contributed by atoms with Crippen molar-refractivity contribution in [1.29, 1.82) is 0 Å². The van der Waals surface area contributed by atoms with Crippen LogP contribution in [0.1, 0.15) is 35.1 Å². The van der Waals surface area contributed by atoms with Crippen LogP contribution in [0.4, 0.5) is 10.1 Å². The van der Waals surface area contributed by atoms with Crippen molar-refractivity contribution >= 4 is 22.6 Å². The molecule has 2 heterocycles. The molecule has 1 fully saturated rings. The molecule has 0 saturated carbocycles. The van der Waals surface area contributed by atoms with Crippen LogP contribution in [0.5, 0.6) is 0 Å². The monoisotopic (exact) mass is 380 g/mol. The second-order valence-electron chi connectivity index (χ2n) is 7.63. The van der Waals surface area contributed by atoms with Crippen molar-refractivity contribution in [3.63, 3.8) is 0 Å². The molecule has 0 radical (unpaired) electrons. The minimum Gasteiger partial charge on any atom is -0.378 e. The summed E-state index contributed by atoms with van der Waals surface area (Å²) >= 11 is 0. The molecular weight excluding hydrogens is 355 g/mol. The summed E-state index contributed by atoms with van der Waals surface area (Å²) in [6, 6.07) is 12.7. The Morgan fingerprint density at radius 3 is 2.61 bits per heavy atom. The van der Waals surface area contributed by atoms with E-state index in [9.17, 15) is 9.18 Å². The quantitative estimate of drug-likeness (QED) is 0.689. The highest BCUT2D eigenvalue weighted by Gasteiger charge is 2.26. The Hall–Kier alpha value is -2.89. The number of aryl methyl sites for hydroxylation is 1. The molecule has 28 heavy (non-hydrogen) atoms. The summed E-state index contributed by atoms with van der Waals surface area (Å²) in [5, 5.41) is 0. The number of hydrogen-bond donors (Lipinski definition) is 0. The van der Waals surface area contributed by atoms with Crippen molar-refractivity contribution in [2.75, 3.05) is 32.1 Å². The fourth-order valence-electron chi connectivity index (χ4n) is 4.07. The Kier molecular flexibility index (Phi) is 4.79. The van der Waals surface area contributed by atoms with Crippen LogP contribution >= 0.6 is 0 Å². The predicted octanol–water partition coefficient (Wildman–Crippen LogP) is 4.03. The molecule has 1 aromatic heterocycles. The van der Waals surface area contributed by atoms with Crippen LogP contribution in [0.3, 0.4) is 0 Å². The van der Waals surface area contributed by atoms with Gasteiger partial charge in [0.05, 0.1) is 11.0 Å². The SMILES string of the molecule is Cc1nc2ccc(F)cc2n1C1CCN(C(=O)c2cccc(N(C)C)c2)CC1. The van der Waals surface area contributed by atoms with Gasteiger partial charge in [-0.1, -0.05) is 6.07 Å². The Bertz CT molecular complexity index is 1020. The van der Waals surface area contributed by atoms with E-state index in [4.69, 9.17) is 0 Å². The average Bonchev–Trinajstić information content (AvgIpc) is 3.02. The van der Waals surface area contributed by atoms with E-state index in [1.54, 1.807) is 12.1 Å². The number of piperidine rings is 1. The maximum absolute atomic E-state index is 13.7. The molecule has 3 aromatic rings. The smallest absolute Gasteiger partial charge is 0.253 e. The molecule has 6 heteroatoms. The van der Waals surface area contributed by atoms with E-state index >= 15 is 0 Å². The van der Waals surface area contributed by atoms with Gasteiger partial charge in [-0.2, -0.15) is 0 Å². The summed E-state index contributed by atoms with van der Waals surface area (Å²) in [7, 11) is 3.94. The molecule has 1 saturated heterocycles. The van der Waals surface area contributed by atoms with E-state index in [1.165, 1.54) is 6.07 Å². The lowest BCUT2D eigenvalue weighted by Gasteiger charge is -2.33. The van der Waals surface area contributed by atoms with Crippen molar-refractivity contribution in [2.45, 2.75) is 25.8 Å². The maximum Gasteiger partial charge on any atom is 0.253 e. The van der Waals surface area contributed by atoms with E-state index < -0.39 is 0 Å². The molecule has 0 spiro atoms. The number of rotatable bonds is 3. The van der Waals surface area contributed by atoms with E-state index in [-0.39, 0.29) is 17.8 Å². The second kappa shape index (κ2) is 7.26. The van der Waals surface area contributed by atoms with Gasteiger partial charge in [0.15, 0.2) is 0 Å². The van der Waals surface area contributed by atoms with Gasteiger partial charge in [-0.05, 0) is 56.2 Å². The summed E-state index contributed by atoms with van der Waals surface area (Å²) in [5.41, 5.74) is 3.39. The Labute approximate surface area is 164 Å². The predicted molar refractivity (Wildman–Crippen MR) is 109 cm³/mol. The normalized spacial score (nSPS) is 15.2. The summed E-state index contributed by atoms with van der Waals surface area (Å²) in [4.78, 5) is 21.4. The number of anilines is 1. The molecular formula is C22H25FN4O. The fraction of sp³-hybridized carbons (Fsp3) is 0.364. The zero-order valence-electron chi connectivity index (χ0n) is 16.5. The van der Waals surface area contributed by atoms with Crippen LogP contribution in [-0.4, -0.2) is 47.5 Å². The molecule has 0 unspecified atom stereocenters. The molecule has 2 aromatic carbocycles. The molecule has 146 valence electrons. The summed E-state index contributed by atoms with van der Waals surface area (Å²) < 4.78 is 15.9. The van der Waals surface area contributed by atoms with Crippen LogP contribution in [0.2, 0.25) is 0 Å². The number of aromatic nitrogens is 2. The van der Waals surface area contributed by atoms with Crippen LogP contribution in [0.15, 0.2) is 42.5 Å². The maximum atomic E-state index is 13.7. The number of benzene rings is 2. The number of amides is 1. The van der Waals surface area contributed by atoms with E-state index in [2.05, 4.69) is 9.55 Å². The molecule has 1 aliphatic heterocycles. The van der Waals surface area contributed by atoms with E-state index in [1.807, 2.05) is 55.1 Å². The second-order valence-corrected chi connectivity index (χ2v) is 7.63. The van der Waals surface area contributed by atoms with E-state index in [0.29, 0.717) is 13.1 Å². The van der Waals surface area contributed by atoms with Gasteiger partial charge in [-0.25, -0.2) is 9.37 Å². The molecule has 0 aliphatic carbocycles. The van der Waals surface area contributed by atoms with Gasteiger partial charge in [0.2, 0.25) is 0 Å². The minimum atomic E-state index is -0.248. The average molecular weight is 380 g/mol. The lowest BCUT2D eigenvalue weighted by atomic mass is 10.0. The Morgan fingerprint density at radius 2 is 1.89 bits per heavy atom. The standard InChI is InChI=1S/C22H25FN4O/c1-15-24-20-8-7-17(23)14-21(20)27(15)18-9-11-26(12-10-18)22(28)16-5-4-6-19(13-16)25(2)3/h4-8,13-14,18H,9-12H2,1-3H3. The molecule has 0 atom stereocenters. The van der Waals surface area contributed by atoms with Gasteiger partial charge in [0.1, 0.15) is 11.6 Å². The first-order chi connectivity index (χ1) is 13.4. The largest absolute Gasteiger partial charge is 0.378 e. The van der Waals surface area contributed by atoms with Crippen LogP contribution in [0, 0.1) is 12.7 Å². The molecule has 1 amide bonds. The minimum absolute atomic E-state index is 0.0698. The number of carbonyl (C=O) groups is 1. The molecule has 1 aliphatic rings. The van der Waals surface area contributed by atoms with Crippen LogP contribution in [-0.2, 0) is 0 Å². The highest BCUT2D eigenvalue weighted by Crippen LogP contribution is 2.30. The first-order valence-electron chi connectivity index (χ1n) is 9.65. The Morgan fingerprint density at radius 1 is 1.14 bits per heavy atom. The molecule has 4 rings (SSSR count). The topological polar surface area (TPSA) is 41.4 Å². The number of hydrogen-bond acceptors (Lipinski definition) is 3. The van der Waals surface area contributed by atoms with Crippen molar-refractivity contribution in [2.24, 2.45) is 0 Å². The summed E-state index contributed by atoms with van der Waals surface area (Å²) in [5.74, 6) is 0.714. The van der Waals surface area contributed by atoms with Gasteiger partial charge in [-0.3, -0.25) is 4.79 Å². The number of fused-ring (bicyclic) bond motifs is 1. The Balaban J connectivity index is 1.51. The third-order valence-corrected chi connectivity index (χ3v) is 5.55. The molecule has 5 nitrogen and oxygen atoms in total. The van der Waals surface area contributed by atoms with Crippen LogP contribution < -0.4 is 4.90 Å². The highest BCUT2D eigenvalue weighted by molar-refractivity contribution is 5.95. The fourth-order valence-corrected chi connectivity index (χ4v) is 4.07. The van der Waals surface area contributed by atoms with Gasteiger partial charge in [0, 0.05) is 44.5 Å². The first kappa shape index (κ1) is 18.5. The summed E-state index contributed by atoms with van der Waals surface area (Å²) in [6.07, 6.45) is 1.67. The number of likely N-dealkylation sites (tertiary alicyclic amines) is 1. The number of imidazole rings is 1. The van der Waals surface area contributed by atoms with Crippen molar-refractivity contribution in [3.05, 3.63) is 59.7 Å². The molecule has 0 bridgehead atoms. The summed E-state index contributed by atoms with van der Waals surface area (Å²) in [6.45, 7) is 3.33. The third kappa shape index (κ3) is 3.35. The van der Waals surface area contributed by atoms with Crippen molar-refractivity contribution in [1.82, 2.24) is 14.5 Å². The van der Waals surface area contributed by atoms with Crippen molar-refractivity contribution < 1.29 is 9.18 Å². The third-order valence-electron chi connectivity index (χ3n) is 5.55. The number of nitrogens with zero attached hydrogens (tertiary/aromatic N) is 4. The van der Waals surface area contributed by atoms with Gasteiger partial charge in [0.25, 0.3) is 5.91 Å². The lowest BCUT2D eigenvalue weighted by Crippen LogP contribution is -2.39. The van der Waals surface area contributed by atoms with E-state index in [0.717, 1.165) is 41.0 Å².